The van der Waals surface area contributed by atoms with E-state index in [-0.39, 0.29) is 23.8 Å². The Morgan fingerprint density at radius 3 is 2.64 bits per heavy atom. The molecule has 1 aliphatic heterocycles. The van der Waals surface area contributed by atoms with Gasteiger partial charge in [-0.2, -0.15) is 0 Å². The number of hydrogen-bond acceptors (Lipinski definition) is 5. The van der Waals surface area contributed by atoms with E-state index in [9.17, 15) is 9.59 Å². The van der Waals surface area contributed by atoms with E-state index in [4.69, 9.17) is 0 Å². The summed E-state index contributed by atoms with van der Waals surface area (Å²) >= 11 is 1.35. The summed E-state index contributed by atoms with van der Waals surface area (Å²) in [5, 5.41) is 12.3. The molecular weight excluding hydrogens is 336 g/mol. The van der Waals surface area contributed by atoms with Crippen molar-refractivity contribution in [2.24, 2.45) is 5.92 Å². The molecule has 2 aliphatic rings. The summed E-state index contributed by atoms with van der Waals surface area (Å²) in [4.78, 5) is 26.7. The zero-order valence-electron chi connectivity index (χ0n) is 14.1. The molecule has 1 unspecified atom stereocenters. The van der Waals surface area contributed by atoms with Crippen LogP contribution >= 0.6 is 11.3 Å². The van der Waals surface area contributed by atoms with E-state index in [2.05, 4.69) is 15.5 Å². The van der Waals surface area contributed by atoms with E-state index < -0.39 is 0 Å². The molecule has 130 valence electrons. The molecule has 0 bridgehead atoms. The van der Waals surface area contributed by atoms with Crippen LogP contribution in [0.3, 0.4) is 0 Å². The van der Waals surface area contributed by atoms with Gasteiger partial charge in [-0.25, -0.2) is 0 Å². The second kappa shape index (κ2) is 6.55. The van der Waals surface area contributed by atoms with E-state index in [0.29, 0.717) is 18.1 Å². The van der Waals surface area contributed by atoms with Gasteiger partial charge in [0, 0.05) is 18.0 Å². The van der Waals surface area contributed by atoms with Crippen LogP contribution in [-0.4, -0.2) is 39.5 Å². The van der Waals surface area contributed by atoms with E-state index >= 15 is 0 Å². The number of likely N-dealkylation sites (tertiary alicyclic amines) is 1. The molecule has 7 heteroatoms. The lowest BCUT2D eigenvalue weighted by atomic mass is 10.2. The lowest BCUT2D eigenvalue weighted by Crippen LogP contribution is -2.43. The van der Waals surface area contributed by atoms with Crippen LogP contribution in [0.1, 0.15) is 31.2 Å². The quantitative estimate of drug-likeness (QED) is 0.914. The Hall–Kier alpha value is -2.28. The van der Waals surface area contributed by atoms with E-state index in [0.717, 1.165) is 29.8 Å². The molecule has 0 spiro atoms. The van der Waals surface area contributed by atoms with Crippen LogP contribution in [0.4, 0.5) is 5.13 Å². The third-order valence-corrected chi connectivity index (χ3v) is 5.61. The molecule has 2 fully saturated rings. The standard InChI is InChI=1S/C18H20N4O2S/c1-11-4-6-12(7-5-11)16-20-21-18(25-16)19-15(23)14-3-2-10-22(14)17(24)13-8-9-13/h4-7,13-14H,2-3,8-10H2,1H3,(H,19,21,23). The van der Waals surface area contributed by atoms with Crippen molar-refractivity contribution in [3.63, 3.8) is 0 Å². The second-order valence-electron chi connectivity index (χ2n) is 6.73. The minimum absolute atomic E-state index is 0.134. The number of nitrogens with zero attached hydrogens (tertiary/aromatic N) is 3. The van der Waals surface area contributed by atoms with Crippen molar-refractivity contribution in [3.05, 3.63) is 29.8 Å². The Kier molecular flexibility index (Phi) is 4.25. The Bertz CT molecular complexity index is 798. The van der Waals surface area contributed by atoms with Crippen LogP contribution in [0, 0.1) is 12.8 Å². The summed E-state index contributed by atoms with van der Waals surface area (Å²) in [7, 11) is 0. The molecule has 1 aromatic heterocycles. The van der Waals surface area contributed by atoms with Gasteiger partial charge in [0.25, 0.3) is 0 Å². The normalized spacial score (nSPS) is 19.9. The van der Waals surface area contributed by atoms with E-state index in [1.54, 1.807) is 4.90 Å². The van der Waals surface area contributed by atoms with Crippen molar-refractivity contribution >= 4 is 28.3 Å². The van der Waals surface area contributed by atoms with Gasteiger partial charge >= 0.3 is 0 Å². The van der Waals surface area contributed by atoms with Crippen molar-refractivity contribution in [1.29, 1.82) is 0 Å². The number of benzene rings is 1. The predicted molar refractivity (Wildman–Crippen MR) is 96.2 cm³/mol. The molecule has 4 rings (SSSR count). The fourth-order valence-corrected chi connectivity index (χ4v) is 3.90. The van der Waals surface area contributed by atoms with Crippen LogP contribution in [0.15, 0.2) is 24.3 Å². The molecule has 2 amide bonds. The number of hydrogen-bond donors (Lipinski definition) is 1. The van der Waals surface area contributed by atoms with Gasteiger partial charge in [0.2, 0.25) is 16.9 Å². The predicted octanol–water partition coefficient (Wildman–Crippen LogP) is 2.85. The molecule has 25 heavy (non-hydrogen) atoms. The number of carbonyl (C=O) groups is 2. The summed E-state index contributed by atoms with van der Waals surface area (Å²) in [5.74, 6) is 0.122. The molecule has 6 nitrogen and oxygen atoms in total. The molecule has 1 saturated carbocycles. The minimum Gasteiger partial charge on any atom is -0.330 e. The first-order chi connectivity index (χ1) is 12.1. The number of aromatic nitrogens is 2. The lowest BCUT2D eigenvalue weighted by molar-refractivity contribution is -0.137. The Labute approximate surface area is 150 Å². The van der Waals surface area contributed by atoms with Crippen molar-refractivity contribution < 1.29 is 9.59 Å². The maximum absolute atomic E-state index is 12.6. The molecular formula is C18H20N4O2S. The highest BCUT2D eigenvalue weighted by atomic mass is 32.1. The fourth-order valence-electron chi connectivity index (χ4n) is 3.14. The molecule has 0 radical (unpaired) electrons. The summed E-state index contributed by atoms with van der Waals surface area (Å²) in [5.41, 5.74) is 2.17. The SMILES string of the molecule is Cc1ccc(-c2nnc(NC(=O)C3CCCN3C(=O)C3CC3)s2)cc1. The first-order valence-corrected chi connectivity index (χ1v) is 9.45. The zero-order chi connectivity index (χ0) is 17.4. The fraction of sp³-hybridized carbons (Fsp3) is 0.444. The molecule has 2 aromatic rings. The first-order valence-electron chi connectivity index (χ1n) is 8.64. The number of rotatable bonds is 4. The second-order valence-corrected chi connectivity index (χ2v) is 7.71. The van der Waals surface area contributed by atoms with Gasteiger partial charge in [-0.15, -0.1) is 10.2 Å². The number of anilines is 1. The average Bonchev–Trinajstić information content (AvgIpc) is 3.15. The molecule has 1 N–H and O–H groups in total. The Balaban J connectivity index is 1.44. The van der Waals surface area contributed by atoms with Crippen LogP contribution in [0.25, 0.3) is 10.6 Å². The maximum Gasteiger partial charge on any atom is 0.249 e. The summed E-state index contributed by atoms with van der Waals surface area (Å²) in [6.07, 6.45) is 3.51. The van der Waals surface area contributed by atoms with Crippen LogP contribution in [0.2, 0.25) is 0 Å². The van der Waals surface area contributed by atoms with Gasteiger partial charge in [0.1, 0.15) is 11.0 Å². The van der Waals surface area contributed by atoms with Gasteiger partial charge in [0.05, 0.1) is 0 Å². The largest absolute Gasteiger partial charge is 0.330 e. The van der Waals surface area contributed by atoms with Crippen molar-refractivity contribution in [1.82, 2.24) is 15.1 Å². The van der Waals surface area contributed by atoms with Crippen LogP contribution in [-0.2, 0) is 9.59 Å². The number of carbonyl (C=O) groups excluding carboxylic acids is 2. The monoisotopic (exact) mass is 356 g/mol. The lowest BCUT2D eigenvalue weighted by Gasteiger charge is -2.23. The molecule has 1 atom stereocenters. The maximum atomic E-state index is 12.6. The average molecular weight is 356 g/mol. The Morgan fingerprint density at radius 1 is 1.16 bits per heavy atom. The number of aryl methyl sites for hydroxylation is 1. The van der Waals surface area contributed by atoms with Gasteiger partial charge in [-0.3, -0.25) is 14.9 Å². The molecule has 1 saturated heterocycles. The molecule has 1 aliphatic carbocycles. The van der Waals surface area contributed by atoms with Gasteiger partial charge in [-0.05, 0) is 32.6 Å². The topological polar surface area (TPSA) is 75.2 Å². The zero-order valence-corrected chi connectivity index (χ0v) is 14.9. The van der Waals surface area contributed by atoms with Crippen molar-refractivity contribution in [2.75, 3.05) is 11.9 Å². The smallest absolute Gasteiger partial charge is 0.249 e. The van der Waals surface area contributed by atoms with Crippen molar-refractivity contribution in [3.8, 4) is 10.6 Å². The van der Waals surface area contributed by atoms with Gasteiger partial charge in [-0.1, -0.05) is 41.2 Å². The highest BCUT2D eigenvalue weighted by Crippen LogP contribution is 2.34. The van der Waals surface area contributed by atoms with Crippen LogP contribution in [0.5, 0.6) is 0 Å². The highest BCUT2D eigenvalue weighted by molar-refractivity contribution is 7.18. The first kappa shape index (κ1) is 16.2. The Morgan fingerprint density at radius 2 is 1.92 bits per heavy atom. The summed E-state index contributed by atoms with van der Waals surface area (Å²) in [6.45, 7) is 2.71. The third-order valence-electron chi connectivity index (χ3n) is 4.72. The molecule has 2 heterocycles. The number of amides is 2. The van der Waals surface area contributed by atoms with Crippen molar-refractivity contribution in [2.45, 2.75) is 38.6 Å². The highest BCUT2D eigenvalue weighted by Gasteiger charge is 2.41. The third kappa shape index (κ3) is 3.42. The number of nitrogens with one attached hydrogen (secondary N) is 1. The van der Waals surface area contributed by atoms with Gasteiger partial charge < -0.3 is 4.90 Å². The van der Waals surface area contributed by atoms with E-state index in [1.165, 1.54) is 16.9 Å². The molecule has 1 aromatic carbocycles. The van der Waals surface area contributed by atoms with Gasteiger partial charge in [0.15, 0.2) is 0 Å². The minimum atomic E-state index is -0.375. The van der Waals surface area contributed by atoms with E-state index in [1.807, 2.05) is 31.2 Å². The summed E-state index contributed by atoms with van der Waals surface area (Å²) < 4.78 is 0. The van der Waals surface area contributed by atoms with Crippen LogP contribution < -0.4 is 5.32 Å². The summed E-state index contributed by atoms with van der Waals surface area (Å²) in [6, 6.07) is 7.66.